The number of hydrogen-bond donors (Lipinski definition) is 1. The largest absolute Gasteiger partial charge is 0.633 e. The Morgan fingerprint density at radius 3 is 2.59 bits per heavy atom. The van der Waals surface area contributed by atoms with Crippen LogP contribution in [0.3, 0.4) is 0 Å². The lowest BCUT2D eigenvalue weighted by molar-refractivity contribution is -0.880. The Morgan fingerprint density at radius 2 is 1.88 bits per heavy atom. The smallest absolute Gasteiger partial charge is 0.255 e. The second kappa shape index (κ2) is 10.7. The molecule has 8 heteroatoms. The van der Waals surface area contributed by atoms with Crippen LogP contribution in [-0.4, -0.2) is 40.2 Å². The van der Waals surface area contributed by atoms with E-state index in [1.807, 2.05) is 55.5 Å². The van der Waals surface area contributed by atoms with Crippen LogP contribution in [0.2, 0.25) is 10.2 Å². The summed E-state index contributed by atoms with van der Waals surface area (Å²) in [5, 5.41) is 17.2. The van der Waals surface area contributed by atoms with Crippen molar-refractivity contribution in [2.24, 2.45) is 0 Å². The van der Waals surface area contributed by atoms with Crippen LogP contribution in [0.15, 0.2) is 60.8 Å². The number of carbonyl (C=O) groups excluding carboxylic acids is 1. The Hall–Kier alpha value is -2.77. The summed E-state index contributed by atoms with van der Waals surface area (Å²) in [7, 11) is 0. The van der Waals surface area contributed by atoms with Crippen molar-refractivity contribution in [1.82, 2.24) is 9.97 Å². The Kier molecular flexibility index (Phi) is 7.63. The quantitative estimate of drug-likeness (QED) is 0.248. The van der Waals surface area contributed by atoms with Gasteiger partial charge in [-0.25, -0.2) is 4.98 Å². The molecule has 1 aliphatic heterocycles. The molecule has 1 saturated heterocycles. The number of amides is 1. The molecule has 1 N–H and O–H groups in total. The summed E-state index contributed by atoms with van der Waals surface area (Å²) in [4.78, 5) is 21.4. The van der Waals surface area contributed by atoms with E-state index in [0.717, 1.165) is 17.0 Å². The average Bonchev–Trinajstić information content (AvgIpc) is 2.82. The summed E-state index contributed by atoms with van der Waals surface area (Å²) in [6.07, 6.45) is 6.81. The number of pyridine rings is 2. The van der Waals surface area contributed by atoms with Gasteiger partial charge in [0.05, 0.1) is 31.0 Å². The number of carbonyl (C=O) groups is 1. The highest BCUT2D eigenvalue weighted by Crippen LogP contribution is 2.34. The van der Waals surface area contributed by atoms with Gasteiger partial charge >= 0.3 is 0 Å². The third-order valence-electron chi connectivity index (χ3n) is 6.08. The molecule has 0 unspecified atom stereocenters. The van der Waals surface area contributed by atoms with Crippen LogP contribution in [0.25, 0.3) is 6.08 Å². The number of aryl methyl sites for hydroxylation is 1. The molecule has 3 aromatic rings. The molecule has 0 spiro atoms. The lowest BCUT2D eigenvalue weighted by Gasteiger charge is -2.46. The maximum Gasteiger partial charge on any atom is 0.255 e. The highest BCUT2D eigenvalue weighted by atomic mass is 35.5. The number of nitrogens with zero attached hydrogens (tertiary/aromatic N) is 3. The van der Waals surface area contributed by atoms with Crippen LogP contribution < -0.4 is 5.32 Å². The van der Waals surface area contributed by atoms with Crippen molar-refractivity contribution >= 4 is 40.9 Å². The first-order valence-electron chi connectivity index (χ1n) is 11.2. The first kappa shape index (κ1) is 24.4. The highest BCUT2D eigenvalue weighted by molar-refractivity contribution is 6.30. The highest BCUT2D eigenvalue weighted by Gasteiger charge is 2.30. The van der Waals surface area contributed by atoms with E-state index >= 15 is 0 Å². The van der Waals surface area contributed by atoms with E-state index in [1.165, 1.54) is 12.3 Å². The predicted octanol–water partition coefficient (Wildman–Crippen LogP) is 6.25. The Balaban J connectivity index is 1.42. The maximum atomic E-state index is 13.2. The van der Waals surface area contributed by atoms with Crippen molar-refractivity contribution in [2.45, 2.75) is 25.7 Å². The monoisotopic (exact) mass is 496 g/mol. The molecule has 0 bridgehead atoms. The van der Waals surface area contributed by atoms with Gasteiger partial charge in [0.2, 0.25) is 0 Å². The van der Waals surface area contributed by atoms with Gasteiger partial charge in [-0.15, -0.1) is 0 Å². The number of hydrogen-bond acceptors (Lipinski definition) is 4. The second-order valence-corrected chi connectivity index (χ2v) is 9.45. The van der Waals surface area contributed by atoms with Crippen LogP contribution in [-0.2, 0) is 0 Å². The van der Waals surface area contributed by atoms with Gasteiger partial charge in [0.1, 0.15) is 5.15 Å². The number of hydroxylamine groups is 3. The van der Waals surface area contributed by atoms with Gasteiger partial charge in [0, 0.05) is 41.2 Å². The summed E-state index contributed by atoms with van der Waals surface area (Å²) in [6, 6.07) is 14.4. The lowest BCUT2D eigenvalue weighted by Crippen LogP contribution is -2.47. The molecular weight excluding hydrogens is 471 g/mol. The molecule has 0 aliphatic carbocycles. The first-order valence-corrected chi connectivity index (χ1v) is 12.0. The summed E-state index contributed by atoms with van der Waals surface area (Å²) in [5.74, 6) is -0.162. The van der Waals surface area contributed by atoms with Crippen LogP contribution in [0.4, 0.5) is 5.69 Å². The lowest BCUT2D eigenvalue weighted by atomic mass is 9.91. The molecule has 2 aromatic heterocycles. The third kappa shape index (κ3) is 6.21. The zero-order chi connectivity index (χ0) is 24.1. The Labute approximate surface area is 209 Å². The van der Waals surface area contributed by atoms with Gasteiger partial charge < -0.3 is 15.2 Å². The second-order valence-electron chi connectivity index (χ2n) is 8.62. The first-order chi connectivity index (χ1) is 16.3. The van der Waals surface area contributed by atoms with Crippen LogP contribution in [0.5, 0.6) is 0 Å². The number of likely N-dealkylation sites (tertiary alicyclic amines) is 1. The predicted molar refractivity (Wildman–Crippen MR) is 137 cm³/mol. The van der Waals surface area contributed by atoms with Crippen molar-refractivity contribution in [3.63, 3.8) is 0 Å². The van der Waals surface area contributed by atoms with Gasteiger partial charge in [-0.05, 0) is 55.0 Å². The van der Waals surface area contributed by atoms with Crippen molar-refractivity contribution in [2.75, 3.05) is 25.0 Å². The number of quaternary nitrogens is 1. The molecule has 0 radical (unpaired) electrons. The van der Waals surface area contributed by atoms with E-state index in [9.17, 15) is 10.0 Å². The number of aromatic nitrogens is 2. The standard InChI is InChI=1S/C26H26Cl2N4O2/c1-18-4-9-23(31-26(33)21-10-13-29-24(28)17-21)25(30-18)20-11-15-32(34,16-12-20)14-2-3-19-5-7-22(27)8-6-19/h2-10,13,17,20H,11-12,14-16H2,1H3,(H,31,33)/b3-2+. The van der Waals surface area contributed by atoms with Gasteiger partial charge in [-0.3, -0.25) is 9.78 Å². The van der Waals surface area contributed by atoms with E-state index in [2.05, 4.69) is 10.3 Å². The molecule has 4 rings (SSSR count). The number of halogens is 2. The number of rotatable bonds is 6. The number of benzene rings is 1. The van der Waals surface area contributed by atoms with Gasteiger partial charge in [-0.1, -0.05) is 41.4 Å². The minimum absolute atomic E-state index is 0.108. The fourth-order valence-electron chi connectivity index (χ4n) is 4.18. The summed E-state index contributed by atoms with van der Waals surface area (Å²) in [5.41, 5.74) is 3.82. The average molecular weight is 497 g/mol. The molecule has 6 nitrogen and oxygen atoms in total. The van der Waals surface area contributed by atoms with Crippen molar-refractivity contribution in [1.29, 1.82) is 0 Å². The number of anilines is 1. The molecule has 1 fully saturated rings. The number of nitrogens with one attached hydrogen (secondary N) is 1. The van der Waals surface area contributed by atoms with Crippen molar-refractivity contribution < 1.29 is 9.44 Å². The summed E-state index contributed by atoms with van der Waals surface area (Å²) in [6.45, 7) is 3.34. The normalized spacial score (nSPS) is 20.4. The molecule has 0 saturated carbocycles. The van der Waals surface area contributed by atoms with E-state index in [0.29, 0.717) is 48.7 Å². The molecule has 176 valence electrons. The fourth-order valence-corrected chi connectivity index (χ4v) is 4.48. The third-order valence-corrected chi connectivity index (χ3v) is 6.53. The minimum Gasteiger partial charge on any atom is -0.633 e. The molecular formula is C26H26Cl2N4O2. The van der Waals surface area contributed by atoms with E-state index in [4.69, 9.17) is 28.2 Å². The minimum atomic E-state index is -0.270. The molecule has 1 aromatic carbocycles. The van der Waals surface area contributed by atoms with Crippen molar-refractivity contribution in [3.8, 4) is 0 Å². The molecule has 1 amide bonds. The van der Waals surface area contributed by atoms with Gasteiger partial charge in [0.15, 0.2) is 0 Å². The van der Waals surface area contributed by atoms with E-state index < -0.39 is 0 Å². The topological polar surface area (TPSA) is 77.9 Å². The van der Waals surface area contributed by atoms with Gasteiger partial charge in [0.25, 0.3) is 5.91 Å². The van der Waals surface area contributed by atoms with E-state index in [1.54, 1.807) is 6.07 Å². The summed E-state index contributed by atoms with van der Waals surface area (Å²) >= 11 is 11.9. The van der Waals surface area contributed by atoms with E-state index in [-0.39, 0.29) is 21.6 Å². The maximum absolute atomic E-state index is 13.2. The molecule has 34 heavy (non-hydrogen) atoms. The van der Waals surface area contributed by atoms with Crippen LogP contribution in [0, 0.1) is 12.1 Å². The van der Waals surface area contributed by atoms with Crippen LogP contribution in [0.1, 0.15) is 46.1 Å². The zero-order valence-corrected chi connectivity index (χ0v) is 20.4. The van der Waals surface area contributed by atoms with Crippen molar-refractivity contribution in [3.05, 3.63) is 98.7 Å². The SMILES string of the molecule is Cc1ccc(NC(=O)c2ccnc(Cl)c2)c(C2CC[N+]([O-])(C/C=C/c3ccc(Cl)cc3)CC2)n1. The molecule has 0 atom stereocenters. The fraction of sp³-hybridized carbons (Fsp3) is 0.269. The Morgan fingerprint density at radius 1 is 1.15 bits per heavy atom. The Bertz CT molecular complexity index is 1190. The number of piperidine rings is 1. The van der Waals surface area contributed by atoms with Gasteiger partial charge in [-0.2, -0.15) is 0 Å². The molecule has 1 aliphatic rings. The van der Waals surface area contributed by atoms with Crippen LogP contribution >= 0.6 is 23.2 Å². The summed E-state index contributed by atoms with van der Waals surface area (Å²) < 4.78 is -0.260. The zero-order valence-electron chi connectivity index (χ0n) is 18.9. The molecule has 3 heterocycles.